The molecule has 4 nitrogen and oxygen atoms in total. The summed E-state index contributed by atoms with van der Waals surface area (Å²) in [6, 6.07) is 0. The van der Waals surface area contributed by atoms with Gasteiger partial charge in [0.25, 0.3) is 0 Å². The van der Waals surface area contributed by atoms with E-state index in [2.05, 4.69) is 14.7 Å². The first kappa shape index (κ1) is 10.9. The normalized spacial score (nSPS) is 17.1. The summed E-state index contributed by atoms with van der Waals surface area (Å²) in [7, 11) is 0. The monoisotopic (exact) mass is 227 g/mol. The van der Waals surface area contributed by atoms with Crippen molar-refractivity contribution in [2.45, 2.75) is 32.8 Å². The first-order chi connectivity index (χ1) is 7.31. The van der Waals surface area contributed by atoms with E-state index in [9.17, 15) is 0 Å². The zero-order valence-electron chi connectivity index (χ0n) is 9.03. The molecular weight excluding hydrogens is 210 g/mol. The van der Waals surface area contributed by atoms with Gasteiger partial charge in [0.05, 0.1) is 10.6 Å². The third kappa shape index (κ3) is 2.48. The molecule has 0 radical (unpaired) electrons. The number of aryl methyl sites for hydroxylation is 1. The molecular formula is C10H17N3OS. The summed E-state index contributed by atoms with van der Waals surface area (Å²) in [5.74, 6) is 5.08. The number of rotatable bonds is 3. The van der Waals surface area contributed by atoms with Crippen LogP contribution in [0.25, 0.3) is 0 Å². The van der Waals surface area contributed by atoms with Gasteiger partial charge in [0.15, 0.2) is 5.13 Å². The quantitative estimate of drug-likeness (QED) is 0.800. The van der Waals surface area contributed by atoms with Gasteiger partial charge in [-0.05, 0) is 26.2 Å². The number of hydrogen-bond acceptors (Lipinski definition) is 5. The van der Waals surface area contributed by atoms with Crippen LogP contribution in [-0.4, -0.2) is 18.1 Å². The van der Waals surface area contributed by atoms with Crippen LogP contribution < -0.4 is 10.8 Å². The van der Waals surface area contributed by atoms with Gasteiger partial charge in [0, 0.05) is 13.1 Å². The minimum atomic E-state index is 0.470. The highest BCUT2D eigenvalue weighted by molar-refractivity contribution is 7.15. The Morgan fingerprint density at radius 2 is 2.13 bits per heavy atom. The van der Waals surface area contributed by atoms with Crippen LogP contribution in [0, 0.1) is 6.92 Å². The second-order valence-electron chi connectivity index (χ2n) is 3.86. The molecule has 1 fully saturated rings. The zero-order valence-corrected chi connectivity index (χ0v) is 9.85. The highest BCUT2D eigenvalue weighted by Gasteiger charge is 2.16. The van der Waals surface area contributed by atoms with Crippen molar-refractivity contribution in [3.8, 4) is 0 Å². The predicted octanol–water partition coefficient (Wildman–Crippen LogP) is 1.83. The average Bonchev–Trinajstić information content (AvgIpc) is 2.63. The van der Waals surface area contributed by atoms with E-state index in [1.807, 2.05) is 6.92 Å². The molecule has 0 saturated carbocycles. The maximum absolute atomic E-state index is 5.08. The van der Waals surface area contributed by atoms with Gasteiger partial charge in [-0.25, -0.2) is 10.9 Å². The summed E-state index contributed by atoms with van der Waals surface area (Å²) < 4.78 is 0. The smallest absolute Gasteiger partial charge is 0.185 e. The molecule has 84 valence electrons. The lowest BCUT2D eigenvalue weighted by Crippen LogP contribution is -2.29. The minimum absolute atomic E-state index is 0.470. The molecule has 2 heterocycles. The molecule has 15 heavy (non-hydrogen) atoms. The lowest BCUT2D eigenvalue weighted by atomic mass is 10.1. The highest BCUT2D eigenvalue weighted by atomic mass is 32.1. The fourth-order valence-electron chi connectivity index (χ4n) is 1.84. The molecule has 2 rings (SSSR count). The van der Waals surface area contributed by atoms with E-state index in [4.69, 9.17) is 5.90 Å². The maximum atomic E-state index is 5.08. The lowest BCUT2D eigenvalue weighted by molar-refractivity contribution is 0.126. The molecule has 1 aromatic heterocycles. The highest BCUT2D eigenvalue weighted by Crippen LogP contribution is 2.28. The molecule has 0 spiro atoms. The molecule has 0 aliphatic carbocycles. The third-order valence-corrected chi connectivity index (χ3v) is 3.91. The Hall–Kier alpha value is -0.650. The van der Waals surface area contributed by atoms with E-state index >= 15 is 0 Å². The summed E-state index contributed by atoms with van der Waals surface area (Å²) in [6.07, 6.45) is 3.91. The summed E-state index contributed by atoms with van der Waals surface area (Å²) in [5, 5.41) is 1.12. The Labute approximate surface area is 94.0 Å². The second-order valence-corrected chi connectivity index (χ2v) is 4.93. The van der Waals surface area contributed by atoms with Crippen LogP contribution in [0.4, 0.5) is 5.13 Å². The molecule has 0 bridgehead atoms. The molecule has 1 saturated heterocycles. The van der Waals surface area contributed by atoms with Gasteiger partial charge in [-0.15, -0.1) is 0 Å². The van der Waals surface area contributed by atoms with Crippen molar-refractivity contribution < 1.29 is 4.84 Å². The summed E-state index contributed by atoms with van der Waals surface area (Å²) in [4.78, 5) is 12.7. The van der Waals surface area contributed by atoms with Gasteiger partial charge < -0.3 is 4.90 Å². The molecule has 0 amide bonds. The Kier molecular flexibility index (Phi) is 3.56. The molecule has 1 aliphatic heterocycles. The fourth-order valence-corrected chi connectivity index (χ4v) is 2.88. The standard InChI is InChI=1S/C10H17N3OS/c1-8-9(7-14-11)15-10(12-8)13-5-3-2-4-6-13/h2-7,11H2,1H3. The first-order valence-electron chi connectivity index (χ1n) is 5.34. The molecule has 1 aliphatic rings. The average molecular weight is 227 g/mol. The number of nitrogens with zero attached hydrogens (tertiary/aromatic N) is 2. The number of anilines is 1. The van der Waals surface area contributed by atoms with E-state index < -0.39 is 0 Å². The second kappa shape index (κ2) is 4.92. The molecule has 0 atom stereocenters. The van der Waals surface area contributed by atoms with Crippen LogP contribution in [0.1, 0.15) is 29.8 Å². The lowest BCUT2D eigenvalue weighted by Gasteiger charge is -2.25. The van der Waals surface area contributed by atoms with Crippen LogP contribution in [-0.2, 0) is 11.4 Å². The van der Waals surface area contributed by atoms with Crippen molar-refractivity contribution in [3.05, 3.63) is 10.6 Å². The van der Waals surface area contributed by atoms with Crippen molar-refractivity contribution in [1.29, 1.82) is 0 Å². The van der Waals surface area contributed by atoms with E-state index in [-0.39, 0.29) is 0 Å². The number of nitrogens with two attached hydrogens (primary N) is 1. The Morgan fingerprint density at radius 3 is 2.80 bits per heavy atom. The van der Waals surface area contributed by atoms with Gasteiger partial charge in [0.2, 0.25) is 0 Å². The molecule has 1 aromatic rings. The number of aromatic nitrogens is 1. The first-order valence-corrected chi connectivity index (χ1v) is 6.16. The Balaban J connectivity index is 2.10. The molecule has 5 heteroatoms. The maximum Gasteiger partial charge on any atom is 0.185 e. The minimum Gasteiger partial charge on any atom is -0.348 e. The van der Waals surface area contributed by atoms with E-state index in [1.54, 1.807) is 11.3 Å². The van der Waals surface area contributed by atoms with Gasteiger partial charge in [-0.3, -0.25) is 4.84 Å². The van der Waals surface area contributed by atoms with E-state index in [1.165, 1.54) is 19.3 Å². The zero-order chi connectivity index (χ0) is 10.7. The van der Waals surface area contributed by atoms with Crippen LogP contribution in [0.3, 0.4) is 0 Å². The van der Waals surface area contributed by atoms with Gasteiger partial charge in [-0.2, -0.15) is 0 Å². The Morgan fingerprint density at radius 1 is 1.40 bits per heavy atom. The van der Waals surface area contributed by atoms with Crippen LogP contribution in [0.5, 0.6) is 0 Å². The van der Waals surface area contributed by atoms with Crippen molar-refractivity contribution in [2.24, 2.45) is 5.90 Å². The van der Waals surface area contributed by atoms with Gasteiger partial charge in [0.1, 0.15) is 6.61 Å². The summed E-state index contributed by atoms with van der Waals surface area (Å²) >= 11 is 1.70. The van der Waals surface area contributed by atoms with E-state index in [0.29, 0.717) is 6.61 Å². The topological polar surface area (TPSA) is 51.4 Å². The molecule has 0 unspecified atom stereocenters. The number of piperidine rings is 1. The van der Waals surface area contributed by atoms with Crippen LogP contribution in [0.15, 0.2) is 0 Å². The molecule has 0 aromatic carbocycles. The van der Waals surface area contributed by atoms with Gasteiger partial charge in [-0.1, -0.05) is 11.3 Å². The predicted molar refractivity (Wildman–Crippen MR) is 61.9 cm³/mol. The van der Waals surface area contributed by atoms with Crippen LogP contribution in [0.2, 0.25) is 0 Å². The van der Waals surface area contributed by atoms with E-state index in [0.717, 1.165) is 28.8 Å². The summed E-state index contributed by atoms with van der Waals surface area (Å²) in [6.45, 7) is 4.75. The number of thiazole rings is 1. The largest absolute Gasteiger partial charge is 0.348 e. The SMILES string of the molecule is Cc1nc(N2CCCCC2)sc1CON. The third-order valence-electron chi connectivity index (χ3n) is 2.72. The van der Waals surface area contributed by atoms with Crippen molar-refractivity contribution in [3.63, 3.8) is 0 Å². The number of hydrogen-bond donors (Lipinski definition) is 1. The van der Waals surface area contributed by atoms with Crippen LogP contribution >= 0.6 is 11.3 Å². The van der Waals surface area contributed by atoms with Crippen molar-refractivity contribution in [1.82, 2.24) is 4.98 Å². The van der Waals surface area contributed by atoms with Gasteiger partial charge >= 0.3 is 0 Å². The Bertz CT molecular complexity index is 320. The molecule has 2 N–H and O–H groups in total. The van der Waals surface area contributed by atoms with Crippen molar-refractivity contribution >= 4 is 16.5 Å². The summed E-state index contributed by atoms with van der Waals surface area (Å²) in [5.41, 5.74) is 1.05. The van der Waals surface area contributed by atoms with Crippen molar-refractivity contribution in [2.75, 3.05) is 18.0 Å². The fraction of sp³-hybridized carbons (Fsp3) is 0.700.